The number of rotatable bonds is 3. The van der Waals surface area contributed by atoms with Gasteiger partial charge in [-0.2, -0.15) is 0 Å². The van der Waals surface area contributed by atoms with Crippen LogP contribution in [-0.4, -0.2) is 72.8 Å². The predicted octanol–water partition coefficient (Wildman–Crippen LogP) is -0.990. The molecule has 10 nitrogen and oxygen atoms in total. The zero-order valence-corrected chi connectivity index (χ0v) is 13.7. The molecule has 10 heteroatoms. The highest BCUT2D eigenvalue weighted by Crippen LogP contribution is 2.36. The Morgan fingerprint density at radius 1 is 1.16 bits per heavy atom. The van der Waals surface area contributed by atoms with Crippen LogP contribution >= 0.6 is 0 Å². The van der Waals surface area contributed by atoms with Crippen LogP contribution in [0.15, 0.2) is 6.33 Å². The van der Waals surface area contributed by atoms with Gasteiger partial charge in [0.2, 0.25) is 5.95 Å². The van der Waals surface area contributed by atoms with Gasteiger partial charge in [-0.1, -0.05) is 0 Å². The smallest absolute Gasteiger partial charge is 0.210 e. The molecule has 0 aliphatic carbocycles. The minimum absolute atomic E-state index is 0.244. The molecule has 2 aromatic heterocycles. The first-order valence-electron chi connectivity index (χ1n) is 8.47. The van der Waals surface area contributed by atoms with Gasteiger partial charge in [0.1, 0.15) is 24.6 Å². The third kappa shape index (κ3) is 2.61. The van der Waals surface area contributed by atoms with Crippen LogP contribution in [-0.2, 0) is 4.74 Å². The maximum absolute atomic E-state index is 10.5. The first-order valence-corrected chi connectivity index (χ1v) is 8.47. The van der Waals surface area contributed by atoms with Gasteiger partial charge in [0, 0.05) is 13.1 Å². The molecule has 4 rings (SSSR count). The SMILES string of the molecule is Nc1ncnc2c1nc(N1CCCCC1)n2[C@H]1O[C@@H](CO)[C@@H](O)[C@H]1O. The first-order chi connectivity index (χ1) is 12.1. The minimum Gasteiger partial charge on any atom is -0.394 e. The standard InChI is InChI=1S/C15H22N6O4/c16-12-9-13(18-7-17-12)21(14-11(24)10(23)8(6-22)25-14)15(19-9)20-4-2-1-3-5-20/h7-8,10-11,14,22-24H,1-6H2,(H2,16,17,18)/t8-,10+,11+,14-/m0/s1. The van der Waals surface area contributed by atoms with Crippen LogP contribution in [0.5, 0.6) is 0 Å². The zero-order valence-electron chi connectivity index (χ0n) is 13.7. The number of nitrogen functional groups attached to an aromatic ring is 1. The van der Waals surface area contributed by atoms with Crippen molar-refractivity contribution in [3.8, 4) is 0 Å². The molecule has 2 fully saturated rings. The molecule has 25 heavy (non-hydrogen) atoms. The summed E-state index contributed by atoms with van der Waals surface area (Å²) in [6.45, 7) is 1.26. The van der Waals surface area contributed by atoms with E-state index in [9.17, 15) is 15.3 Å². The number of imidazole rings is 1. The molecule has 136 valence electrons. The molecule has 0 aromatic carbocycles. The number of aromatic nitrogens is 4. The molecule has 5 N–H and O–H groups in total. The maximum atomic E-state index is 10.5. The Kier molecular flexibility index (Phi) is 4.20. The molecule has 2 aliphatic rings. The van der Waals surface area contributed by atoms with E-state index in [-0.39, 0.29) is 5.82 Å². The number of aliphatic hydroxyl groups is 3. The first kappa shape index (κ1) is 16.5. The summed E-state index contributed by atoms with van der Waals surface area (Å²) in [6.07, 6.45) is 0.383. The molecular formula is C15H22N6O4. The van der Waals surface area contributed by atoms with Crippen LogP contribution < -0.4 is 10.6 Å². The van der Waals surface area contributed by atoms with Crippen molar-refractivity contribution in [1.82, 2.24) is 19.5 Å². The second kappa shape index (κ2) is 6.37. The lowest BCUT2D eigenvalue weighted by Crippen LogP contribution is -2.35. The predicted molar refractivity (Wildman–Crippen MR) is 88.8 cm³/mol. The van der Waals surface area contributed by atoms with Crippen molar-refractivity contribution in [1.29, 1.82) is 0 Å². The van der Waals surface area contributed by atoms with Crippen LogP contribution in [0.25, 0.3) is 11.2 Å². The Morgan fingerprint density at radius 2 is 1.92 bits per heavy atom. The molecule has 2 aliphatic heterocycles. The Labute approximate surface area is 143 Å². The maximum Gasteiger partial charge on any atom is 0.210 e. The summed E-state index contributed by atoms with van der Waals surface area (Å²) in [6, 6.07) is 0. The fourth-order valence-corrected chi connectivity index (χ4v) is 3.56. The van der Waals surface area contributed by atoms with E-state index < -0.39 is 31.1 Å². The molecule has 0 spiro atoms. The molecule has 2 aromatic rings. The summed E-state index contributed by atoms with van der Waals surface area (Å²) in [4.78, 5) is 14.9. The second-order valence-electron chi connectivity index (χ2n) is 6.49. The van der Waals surface area contributed by atoms with Gasteiger partial charge in [0.25, 0.3) is 0 Å². The van der Waals surface area contributed by atoms with E-state index in [4.69, 9.17) is 10.5 Å². The number of fused-ring (bicyclic) bond motifs is 1. The third-order valence-corrected chi connectivity index (χ3v) is 4.90. The van der Waals surface area contributed by atoms with Crippen molar-refractivity contribution < 1.29 is 20.1 Å². The van der Waals surface area contributed by atoms with E-state index in [0.29, 0.717) is 17.1 Å². The average molecular weight is 350 g/mol. The number of anilines is 2. The van der Waals surface area contributed by atoms with Crippen LogP contribution in [0.3, 0.4) is 0 Å². The second-order valence-corrected chi connectivity index (χ2v) is 6.49. The fraction of sp³-hybridized carbons (Fsp3) is 0.667. The number of aliphatic hydroxyl groups excluding tert-OH is 3. The van der Waals surface area contributed by atoms with Crippen molar-refractivity contribution in [2.24, 2.45) is 0 Å². The highest BCUT2D eigenvalue weighted by Gasteiger charge is 2.45. The fourth-order valence-electron chi connectivity index (χ4n) is 3.56. The van der Waals surface area contributed by atoms with E-state index in [2.05, 4.69) is 19.9 Å². The molecular weight excluding hydrogens is 328 g/mol. The van der Waals surface area contributed by atoms with Crippen LogP contribution in [0, 0.1) is 0 Å². The lowest BCUT2D eigenvalue weighted by atomic mass is 10.1. The lowest BCUT2D eigenvalue weighted by molar-refractivity contribution is -0.0504. The highest BCUT2D eigenvalue weighted by atomic mass is 16.6. The molecule has 2 saturated heterocycles. The summed E-state index contributed by atoms with van der Waals surface area (Å²) in [5.74, 6) is 0.825. The Morgan fingerprint density at radius 3 is 2.60 bits per heavy atom. The lowest BCUT2D eigenvalue weighted by Gasteiger charge is -2.30. The molecule has 0 saturated carbocycles. The molecule has 0 unspecified atom stereocenters. The van der Waals surface area contributed by atoms with Gasteiger partial charge in [0.05, 0.1) is 6.61 Å². The number of hydrogen-bond donors (Lipinski definition) is 4. The normalized spacial score (nSPS) is 30.3. The zero-order chi connectivity index (χ0) is 17.6. The molecule has 0 bridgehead atoms. The van der Waals surface area contributed by atoms with Gasteiger partial charge in [-0.25, -0.2) is 15.0 Å². The quantitative estimate of drug-likeness (QED) is 0.548. The van der Waals surface area contributed by atoms with Crippen LogP contribution in [0.1, 0.15) is 25.5 Å². The van der Waals surface area contributed by atoms with Gasteiger partial charge in [-0.3, -0.25) is 4.57 Å². The van der Waals surface area contributed by atoms with Gasteiger partial charge < -0.3 is 30.7 Å². The van der Waals surface area contributed by atoms with Gasteiger partial charge in [-0.05, 0) is 19.3 Å². The van der Waals surface area contributed by atoms with Crippen molar-refractivity contribution in [3.05, 3.63) is 6.33 Å². The summed E-state index contributed by atoms with van der Waals surface area (Å²) in [7, 11) is 0. The average Bonchev–Trinajstić information content (AvgIpc) is 3.15. The Bertz CT molecular complexity index is 762. The largest absolute Gasteiger partial charge is 0.394 e. The summed E-state index contributed by atoms with van der Waals surface area (Å²) < 4.78 is 7.36. The van der Waals surface area contributed by atoms with Crippen molar-refractivity contribution in [2.45, 2.75) is 43.8 Å². The third-order valence-electron chi connectivity index (χ3n) is 4.90. The van der Waals surface area contributed by atoms with Crippen molar-refractivity contribution in [2.75, 3.05) is 30.3 Å². The van der Waals surface area contributed by atoms with Crippen molar-refractivity contribution >= 4 is 22.9 Å². The molecule has 4 heterocycles. The molecule has 0 radical (unpaired) electrons. The van der Waals surface area contributed by atoms with Gasteiger partial charge >= 0.3 is 0 Å². The van der Waals surface area contributed by atoms with E-state index in [1.54, 1.807) is 4.57 Å². The Hall–Kier alpha value is -2.01. The van der Waals surface area contributed by atoms with E-state index >= 15 is 0 Å². The topological polar surface area (TPSA) is 143 Å². The van der Waals surface area contributed by atoms with E-state index in [1.807, 2.05) is 0 Å². The monoisotopic (exact) mass is 350 g/mol. The number of ether oxygens (including phenoxy) is 1. The van der Waals surface area contributed by atoms with E-state index in [1.165, 1.54) is 6.33 Å². The number of nitrogens with two attached hydrogens (primary N) is 1. The van der Waals surface area contributed by atoms with Gasteiger partial charge in [-0.15, -0.1) is 0 Å². The summed E-state index contributed by atoms with van der Waals surface area (Å²) in [5.41, 5.74) is 6.81. The number of piperidine rings is 1. The van der Waals surface area contributed by atoms with Crippen molar-refractivity contribution in [3.63, 3.8) is 0 Å². The molecule has 0 amide bonds. The van der Waals surface area contributed by atoms with E-state index in [0.717, 1.165) is 32.4 Å². The van der Waals surface area contributed by atoms with Gasteiger partial charge in [0.15, 0.2) is 23.2 Å². The highest BCUT2D eigenvalue weighted by molar-refractivity contribution is 5.84. The summed E-state index contributed by atoms with van der Waals surface area (Å²) in [5, 5.41) is 29.9. The molecule has 4 atom stereocenters. The summed E-state index contributed by atoms with van der Waals surface area (Å²) >= 11 is 0. The van der Waals surface area contributed by atoms with Crippen LogP contribution in [0.2, 0.25) is 0 Å². The van der Waals surface area contributed by atoms with Crippen LogP contribution in [0.4, 0.5) is 11.8 Å². The number of hydrogen-bond acceptors (Lipinski definition) is 9. The Balaban J connectivity index is 1.84. The number of nitrogens with zero attached hydrogens (tertiary/aromatic N) is 5. The minimum atomic E-state index is -1.21.